The Morgan fingerprint density at radius 2 is 1.89 bits per heavy atom. The molecule has 1 aromatic heterocycles. The average Bonchev–Trinajstić information content (AvgIpc) is 2.73. The quantitative estimate of drug-likeness (QED) is 0.826. The number of thiazole rings is 1. The highest BCUT2D eigenvalue weighted by Gasteiger charge is 2.14. The lowest BCUT2D eigenvalue weighted by molar-refractivity contribution is 0.416. The maximum absolute atomic E-state index is 8.99. The highest BCUT2D eigenvalue weighted by molar-refractivity contribution is 7.15. The Labute approximate surface area is 111 Å². The number of hydrogen-bond donors (Lipinski definition) is 0. The van der Waals surface area contributed by atoms with E-state index in [0.717, 1.165) is 22.0 Å². The fourth-order valence-corrected chi connectivity index (χ4v) is 2.63. The summed E-state index contributed by atoms with van der Waals surface area (Å²) in [5, 5.41) is 9.83. The molecule has 0 spiro atoms. The minimum atomic E-state index is 0.658. The highest BCUT2D eigenvalue weighted by Crippen LogP contribution is 2.35. The molecule has 1 heterocycles. The first-order valence-electron chi connectivity index (χ1n) is 5.60. The Kier molecular flexibility index (Phi) is 3.35. The lowest BCUT2D eigenvalue weighted by Gasteiger charge is -2.09. The summed E-state index contributed by atoms with van der Waals surface area (Å²) in [6, 6.07) is 6.23. The fraction of sp³-hybridized carbons (Fsp3) is 0.286. The van der Waals surface area contributed by atoms with Crippen molar-refractivity contribution in [3.63, 3.8) is 0 Å². The van der Waals surface area contributed by atoms with Gasteiger partial charge >= 0.3 is 0 Å². The Balaban J connectivity index is 2.63. The van der Waals surface area contributed by atoms with Gasteiger partial charge in [0.2, 0.25) is 0 Å². The molecule has 0 saturated carbocycles. The van der Waals surface area contributed by atoms with E-state index in [1.165, 1.54) is 22.5 Å². The van der Waals surface area contributed by atoms with Crippen LogP contribution in [0.25, 0.3) is 10.6 Å². The van der Waals surface area contributed by atoms with Gasteiger partial charge in [-0.1, -0.05) is 0 Å². The van der Waals surface area contributed by atoms with Crippen molar-refractivity contribution in [2.75, 3.05) is 7.11 Å². The molecule has 0 radical (unpaired) electrons. The van der Waals surface area contributed by atoms with Crippen LogP contribution in [0, 0.1) is 32.1 Å². The van der Waals surface area contributed by atoms with Crippen molar-refractivity contribution in [2.45, 2.75) is 20.8 Å². The van der Waals surface area contributed by atoms with Crippen LogP contribution in [0.15, 0.2) is 12.1 Å². The summed E-state index contributed by atoms with van der Waals surface area (Å²) in [4.78, 5) is 5.10. The summed E-state index contributed by atoms with van der Waals surface area (Å²) < 4.78 is 5.40. The molecule has 0 N–H and O–H groups in total. The van der Waals surface area contributed by atoms with E-state index in [4.69, 9.17) is 10.00 Å². The average molecular weight is 258 g/mol. The fourth-order valence-electron chi connectivity index (χ4n) is 1.74. The van der Waals surface area contributed by atoms with Crippen LogP contribution >= 0.6 is 11.3 Å². The minimum absolute atomic E-state index is 0.658. The van der Waals surface area contributed by atoms with Gasteiger partial charge in [0.05, 0.1) is 18.4 Å². The molecule has 0 amide bonds. The Morgan fingerprint density at radius 1 is 1.22 bits per heavy atom. The molecule has 2 rings (SSSR count). The number of hydrogen-bond acceptors (Lipinski definition) is 4. The summed E-state index contributed by atoms with van der Waals surface area (Å²) in [7, 11) is 1.65. The number of benzene rings is 1. The third-order valence-electron chi connectivity index (χ3n) is 2.94. The third-order valence-corrected chi connectivity index (χ3v) is 4.04. The van der Waals surface area contributed by atoms with Crippen LogP contribution in [0.4, 0.5) is 0 Å². The van der Waals surface area contributed by atoms with E-state index >= 15 is 0 Å². The van der Waals surface area contributed by atoms with Gasteiger partial charge in [0.25, 0.3) is 0 Å². The Hall–Kier alpha value is -1.86. The molecule has 0 fully saturated rings. The van der Waals surface area contributed by atoms with E-state index in [2.05, 4.69) is 31.0 Å². The van der Waals surface area contributed by atoms with Gasteiger partial charge in [0, 0.05) is 0 Å². The van der Waals surface area contributed by atoms with Crippen LogP contribution in [0.2, 0.25) is 0 Å². The normalized spacial score (nSPS) is 10.2. The van der Waals surface area contributed by atoms with Gasteiger partial charge in [-0.05, 0) is 44.0 Å². The Morgan fingerprint density at radius 3 is 2.44 bits per heavy atom. The molecule has 0 atom stereocenters. The summed E-state index contributed by atoms with van der Waals surface area (Å²) in [6.07, 6.45) is 0. The first kappa shape index (κ1) is 12.6. The highest BCUT2D eigenvalue weighted by atomic mass is 32.1. The van der Waals surface area contributed by atoms with Crippen molar-refractivity contribution in [3.8, 4) is 22.4 Å². The second-order valence-electron chi connectivity index (χ2n) is 4.18. The number of nitriles is 1. The Bertz CT molecular complexity index is 638. The molecular formula is C14H14N2OS. The number of rotatable bonds is 2. The van der Waals surface area contributed by atoms with E-state index in [-0.39, 0.29) is 0 Å². The van der Waals surface area contributed by atoms with Crippen LogP contribution in [0.1, 0.15) is 21.7 Å². The number of nitrogens with zero attached hydrogens (tertiary/aromatic N) is 2. The zero-order chi connectivity index (χ0) is 13.3. The molecule has 3 nitrogen and oxygen atoms in total. The zero-order valence-corrected chi connectivity index (χ0v) is 11.7. The molecule has 0 bridgehead atoms. The van der Waals surface area contributed by atoms with Crippen molar-refractivity contribution >= 4 is 11.3 Å². The molecule has 18 heavy (non-hydrogen) atoms. The lowest BCUT2D eigenvalue weighted by atomic mass is 10.1. The number of aryl methyl sites for hydroxylation is 3. The maximum Gasteiger partial charge on any atom is 0.129 e. The smallest absolute Gasteiger partial charge is 0.129 e. The molecule has 0 aliphatic carbocycles. The minimum Gasteiger partial charge on any atom is -0.496 e. The molecular weight excluding hydrogens is 244 g/mol. The van der Waals surface area contributed by atoms with Crippen LogP contribution in [-0.4, -0.2) is 12.1 Å². The van der Waals surface area contributed by atoms with Gasteiger partial charge in [-0.25, -0.2) is 4.98 Å². The second-order valence-corrected chi connectivity index (χ2v) is 5.18. The van der Waals surface area contributed by atoms with Gasteiger partial charge in [0.1, 0.15) is 21.7 Å². The second kappa shape index (κ2) is 4.79. The topological polar surface area (TPSA) is 45.9 Å². The van der Waals surface area contributed by atoms with E-state index < -0.39 is 0 Å². The standard InChI is InChI=1S/C14H14N2OS/c1-8-5-11(12(17-4)6-9(8)2)14-16-10(3)13(7-15)18-14/h5-6H,1-4H3. The van der Waals surface area contributed by atoms with E-state index in [1.54, 1.807) is 7.11 Å². The first-order chi connectivity index (χ1) is 8.56. The van der Waals surface area contributed by atoms with Gasteiger partial charge in [0.15, 0.2) is 0 Å². The summed E-state index contributed by atoms with van der Waals surface area (Å²) in [5.41, 5.74) is 4.11. The van der Waals surface area contributed by atoms with Gasteiger partial charge < -0.3 is 4.74 Å². The van der Waals surface area contributed by atoms with E-state index in [1.807, 2.05) is 13.0 Å². The first-order valence-corrected chi connectivity index (χ1v) is 6.41. The van der Waals surface area contributed by atoms with E-state index in [9.17, 15) is 0 Å². The summed E-state index contributed by atoms with van der Waals surface area (Å²) in [6.45, 7) is 5.96. The summed E-state index contributed by atoms with van der Waals surface area (Å²) in [5.74, 6) is 0.802. The maximum atomic E-state index is 8.99. The van der Waals surface area contributed by atoms with Gasteiger partial charge in [-0.2, -0.15) is 5.26 Å². The van der Waals surface area contributed by atoms with Crippen LogP contribution in [0.5, 0.6) is 5.75 Å². The van der Waals surface area contributed by atoms with Gasteiger partial charge in [-0.15, -0.1) is 11.3 Å². The molecule has 4 heteroatoms. The predicted molar refractivity (Wildman–Crippen MR) is 73.0 cm³/mol. The molecule has 1 aromatic carbocycles. The van der Waals surface area contributed by atoms with Crippen molar-refractivity contribution in [1.29, 1.82) is 5.26 Å². The van der Waals surface area contributed by atoms with Crippen molar-refractivity contribution in [2.24, 2.45) is 0 Å². The van der Waals surface area contributed by atoms with Crippen molar-refractivity contribution < 1.29 is 4.74 Å². The third kappa shape index (κ3) is 2.09. The zero-order valence-electron chi connectivity index (χ0n) is 10.9. The molecule has 0 aliphatic heterocycles. The monoisotopic (exact) mass is 258 g/mol. The molecule has 0 aliphatic rings. The molecule has 0 saturated heterocycles. The van der Waals surface area contributed by atoms with Crippen molar-refractivity contribution in [1.82, 2.24) is 4.98 Å². The lowest BCUT2D eigenvalue weighted by Crippen LogP contribution is -1.91. The van der Waals surface area contributed by atoms with E-state index in [0.29, 0.717) is 4.88 Å². The number of aromatic nitrogens is 1. The largest absolute Gasteiger partial charge is 0.496 e. The van der Waals surface area contributed by atoms with Crippen LogP contribution in [0.3, 0.4) is 0 Å². The predicted octanol–water partition coefficient (Wildman–Crippen LogP) is 3.62. The molecule has 2 aromatic rings. The molecule has 0 unspecified atom stereocenters. The number of ether oxygens (including phenoxy) is 1. The van der Waals surface area contributed by atoms with Crippen LogP contribution in [-0.2, 0) is 0 Å². The van der Waals surface area contributed by atoms with Crippen molar-refractivity contribution in [3.05, 3.63) is 33.8 Å². The van der Waals surface area contributed by atoms with Crippen LogP contribution < -0.4 is 4.74 Å². The summed E-state index contributed by atoms with van der Waals surface area (Å²) >= 11 is 1.40. The van der Waals surface area contributed by atoms with Gasteiger partial charge in [-0.3, -0.25) is 0 Å². The SMILES string of the molecule is COc1cc(C)c(C)cc1-c1nc(C)c(C#N)s1. The molecule has 92 valence electrons. The number of methoxy groups -OCH3 is 1.